The van der Waals surface area contributed by atoms with Crippen molar-refractivity contribution in [1.82, 2.24) is 0 Å². The molecule has 574 valence electrons. The molecule has 0 aromatic heterocycles. The number of aryl methyl sites for hydroxylation is 5. The third-order valence-electron chi connectivity index (χ3n) is 19.5. The van der Waals surface area contributed by atoms with E-state index in [1.165, 1.54) is 24.3 Å². The third-order valence-corrected chi connectivity index (χ3v) is 19.5. The number of anilines is 12. The largest absolute Gasteiger partial charge is 0.497 e. The molecule has 0 heterocycles. The topological polar surface area (TPSA) is 40.7 Å². The molecule has 0 unspecified atom stereocenters. The van der Waals surface area contributed by atoms with Crippen molar-refractivity contribution in [2.45, 2.75) is 34.6 Å². The van der Waals surface area contributed by atoms with E-state index in [2.05, 4.69) is 14.7 Å². The maximum absolute atomic E-state index is 15.4. The Morgan fingerprint density at radius 2 is 0.296 bits per heavy atom. The summed E-state index contributed by atoms with van der Waals surface area (Å²) < 4.78 is 139. The van der Waals surface area contributed by atoms with E-state index < -0.39 is 68.8 Å². The van der Waals surface area contributed by atoms with Crippen LogP contribution < -0.4 is 33.8 Å². The van der Waals surface area contributed by atoms with Crippen LogP contribution in [0.3, 0.4) is 0 Å². The molecule has 0 atom stereocenters. The molecule has 0 radical (unpaired) electrons. The number of nitrogens with zero attached hydrogens (tertiary/aromatic N) is 4. The molecule has 0 amide bonds. The monoisotopic (exact) mass is 1540 g/mol. The van der Waals surface area contributed by atoms with Gasteiger partial charge in [-0.3, -0.25) is 0 Å². The van der Waals surface area contributed by atoms with Crippen LogP contribution in [0.25, 0.3) is 48.6 Å². The molecule has 0 aliphatic heterocycles. The van der Waals surface area contributed by atoms with E-state index in [9.17, 15) is 0 Å². The predicted octanol–water partition coefficient (Wildman–Crippen LogP) is 28.6. The molecule has 115 heavy (non-hydrogen) atoms. The van der Waals surface area contributed by atoms with Crippen LogP contribution in [0.1, 0.15) is 72.3 Å². The smallest absolute Gasteiger partial charge is 0.169 e. The first-order valence-corrected chi connectivity index (χ1v) is 37.0. The van der Waals surface area contributed by atoms with Crippen LogP contribution >= 0.6 is 0 Å². The van der Waals surface area contributed by atoms with E-state index in [4.69, 9.17) is 14.2 Å². The lowest BCUT2D eigenvalue weighted by molar-refractivity contribution is 0.414. The molecule has 0 saturated carbocycles. The summed E-state index contributed by atoms with van der Waals surface area (Å²) in [5.41, 5.74) is 15.5. The Hall–Kier alpha value is -13.9. The number of halogens is 8. The highest BCUT2D eigenvalue weighted by Crippen LogP contribution is 2.42. The lowest BCUT2D eigenvalue weighted by Gasteiger charge is -2.26. The van der Waals surface area contributed by atoms with Gasteiger partial charge in [0, 0.05) is 68.2 Å². The van der Waals surface area contributed by atoms with Gasteiger partial charge in [-0.25, -0.2) is 35.1 Å². The third kappa shape index (κ3) is 18.5. The number of rotatable bonds is 23. The zero-order chi connectivity index (χ0) is 80.8. The molecule has 14 aromatic carbocycles. The SMILES string of the molecule is COc1ccc(N(c2ccc(C)cc2)c2ccc(C=Cc3c(F)c(F)c(C=Cc4ccc(N(c5ccc(OC)cc5)c5ccc(OC)cc5)cc4)c(F)c3F)cc2)cc1.Cc1ccc(N(c2ccc(C)cc2)c2ccc(C=Cc3c(F)c(F)c(C=Cc4ccc(N(c5ccc(C)cc5)c5ccc(C)cc5)cc4)c(F)c3F)cc2)cc1. The fourth-order valence-electron chi connectivity index (χ4n) is 13.0. The Labute approximate surface area is 665 Å². The fraction of sp³-hybridized carbons (Fsp3) is 0.0800. The van der Waals surface area contributed by atoms with E-state index in [1.54, 1.807) is 69.9 Å². The van der Waals surface area contributed by atoms with Gasteiger partial charge in [0.05, 0.1) is 43.6 Å². The van der Waals surface area contributed by atoms with Crippen LogP contribution in [-0.4, -0.2) is 21.3 Å². The number of ether oxygens (including phenoxy) is 3. The van der Waals surface area contributed by atoms with Crippen LogP contribution in [0, 0.1) is 81.2 Å². The maximum atomic E-state index is 15.4. The predicted molar refractivity (Wildman–Crippen MR) is 456 cm³/mol. The molecule has 15 heteroatoms. The zero-order valence-corrected chi connectivity index (χ0v) is 64.4. The molecule has 0 spiro atoms. The van der Waals surface area contributed by atoms with Crippen molar-refractivity contribution in [3.8, 4) is 17.2 Å². The van der Waals surface area contributed by atoms with Crippen molar-refractivity contribution in [3.05, 3.63) is 410 Å². The maximum Gasteiger partial charge on any atom is 0.169 e. The van der Waals surface area contributed by atoms with Crippen LogP contribution in [0.15, 0.2) is 291 Å². The molecule has 14 rings (SSSR count). The molecule has 0 aliphatic rings. The normalized spacial score (nSPS) is 11.3. The van der Waals surface area contributed by atoms with Gasteiger partial charge < -0.3 is 33.8 Å². The van der Waals surface area contributed by atoms with Crippen molar-refractivity contribution < 1.29 is 49.3 Å². The van der Waals surface area contributed by atoms with Gasteiger partial charge in [-0.1, -0.05) is 161 Å². The van der Waals surface area contributed by atoms with Crippen molar-refractivity contribution in [2.75, 3.05) is 40.9 Å². The number of benzene rings is 14. The molecule has 0 bridgehead atoms. The highest BCUT2D eigenvalue weighted by atomic mass is 19.2. The van der Waals surface area contributed by atoms with Crippen molar-refractivity contribution in [1.29, 1.82) is 0 Å². The summed E-state index contributed by atoms with van der Waals surface area (Å²) >= 11 is 0. The minimum absolute atomic E-state index is 0.554. The van der Waals surface area contributed by atoms with E-state index in [-0.39, 0.29) is 0 Å². The Balaban J connectivity index is 0.000000201. The zero-order valence-electron chi connectivity index (χ0n) is 64.4. The first-order valence-electron chi connectivity index (χ1n) is 37.0. The standard InChI is InChI=1S/C50H40F4N2O3.C50H40F4N2/c1-33-5-13-36(14-6-33)55(39-19-25-42(57-2)26-20-39)37-15-7-34(8-16-37)11-31-45-47(51)49(53)46(50(54)48(45)52)32-12-35-9-17-38(18-10-35)56(40-21-27-43(58-3)28-22-40)41-23-29-44(59-4)30-24-41;1-33-5-19-39(20-6-33)55(40-21-7-34(2)8-22-40)43-27-13-37(14-28-43)17-31-45-47(51)49(53)46(50(54)48(45)52)32-18-38-15-29-44(30-16-38)56(41-23-9-35(3)10-24-41)42-25-11-36(4)12-26-42/h5-32H,1-4H3;5-32H,1-4H3. The highest BCUT2D eigenvalue weighted by Gasteiger charge is 2.26. The second-order valence-electron chi connectivity index (χ2n) is 27.5. The van der Waals surface area contributed by atoms with Crippen LogP contribution in [0.4, 0.5) is 103 Å². The van der Waals surface area contributed by atoms with Crippen molar-refractivity contribution in [3.63, 3.8) is 0 Å². The number of hydrogen-bond acceptors (Lipinski definition) is 7. The quantitative estimate of drug-likeness (QED) is 0.0359. The van der Waals surface area contributed by atoms with Crippen LogP contribution in [0.5, 0.6) is 17.2 Å². The average molecular weight is 1540 g/mol. The number of hydrogen-bond donors (Lipinski definition) is 0. The van der Waals surface area contributed by atoms with E-state index >= 15 is 35.1 Å². The molecule has 0 N–H and O–H groups in total. The van der Waals surface area contributed by atoms with E-state index in [1.807, 2.05) is 282 Å². The van der Waals surface area contributed by atoms with Crippen LogP contribution in [0.2, 0.25) is 0 Å². The molecule has 0 saturated heterocycles. The Morgan fingerprint density at radius 3 is 0.426 bits per heavy atom. The Kier molecular flexibility index (Phi) is 24.8. The average Bonchev–Trinajstić information content (AvgIpc) is 0.890. The van der Waals surface area contributed by atoms with Gasteiger partial charge >= 0.3 is 0 Å². The van der Waals surface area contributed by atoms with Crippen molar-refractivity contribution in [2.24, 2.45) is 0 Å². The molecule has 0 fully saturated rings. The number of methoxy groups -OCH3 is 3. The Morgan fingerprint density at radius 1 is 0.174 bits per heavy atom. The van der Waals surface area contributed by atoms with Crippen LogP contribution in [-0.2, 0) is 0 Å². The Bertz CT molecular complexity index is 5430. The van der Waals surface area contributed by atoms with Gasteiger partial charge in [-0.15, -0.1) is 0 Å². The molecular formula is C100H80F8N4O3. The van der Waals surface area contributed by atoms with Gasteiger partial charge in [0.1, 0.15) is 17.2 Å². The van der Waals surface area contributed by atoms with Gasteiger partial charge in [-0.05, 0) is 263 Å². The highest BCUT2D eigenvalue weighted by molar-refractivity contribution is 5.84. The summed E-state index contributed by atoms with van der Waals surface area (Å²) in [4.78, 5) is 8.27. The summed E-state index contributed by atoms with van der Waals surface area (Å²) in [5.74, 6) is -9.72. The molecular weight excluding hydrogens is 1460 g/mol. The van der Waals surface area contributed by atoms with Gasteiger partial charge in [-0.2, -0.15) is 0 Å². The fourth-order valence-corrected chi connectivity index (χ4v) is 13.0. The summed E-state index contributed by atoms with van der Waals surface area (Å²) in [6, 6.07) is 92.5. The lowest BCUT2D eigenvalue weighted by atomic mass is 10.0. The summed E-state index contributed by atoms with van der Waals surface area (Å²) in [7, 11) is 4.80. The molecule has 7 nitrogen and oxygen atoms in total. The van der Waals surface area contributed by atoms with Gasteiger partial charge in [0.25, 0.3) is 0 Å². The molecule has 0 aliphatic carbocycles. The lowest BCUT2D eigenvalue weighted by Crippen LogP contribution is -2.09. The van der Waals surface area contributed by atoms with Gasteiger partial charge in [0.2, 0.25) is 0 Å². The van der Waals surface area contributed by atoms with Gasteiger partial charge in [0.15, 0.2) is 46.5 Å². The summed E-state index contributed by atoms with van der Waals surface area (Å²) in [6.45, 7) is 10.1. The summed E-state index contributed by atoms with van der Waals surface area (Å²) in [6.07, 6.45) is 9.86. The molecule has 14 aromatic rings. The van der Waals surface area contributed by atoms with Crippen molar-refractivity contribution >= 4 is 117 Å². The first-order chi connectivity index (χ1) is 55.7. The summed E-state index contributed by atoms with van der Waals surface area (Å²) in [5, 5.41) is 0. The second-order valence-corrected chi connectivity index (χ2v) is 27.5. The van der Waals surface area contributed by atoms with E-state index in [0.717, 1.165) is 126 Å². The second kappa shape index (κ2) is 36.1. The van der Waals surface area contributed by atoms with E-state index in [0.29, 0.717) is 33.8 Å². The minimum atomic E-state index is -1.50. The minimum Gasteiger partial charge on any atom is -0.497 e. The first kappa shape index (κ1) is 79.2.